The lowest BCUT2D eigenvalue weighted by atomic mass is 10.1. The van der Waals surface area contributed by atoms with Crippen LogP contribution in [0.4, 0.5) is 0 Å². The van der Waals surface area contributed by atoms with Crippen LogP contribution in [0.15, 0.2) is 18.2 Å². The van der Waals surface area contributed by atoms with E-state index in [0.717, 1.165) is 18.4 Å². The van der Waals surface area contributed by atoms with Gasteiger partial charge in [-0.3, -0.25) is 0 Å². The van der Waals surface area contributed by atoms with E-state index in [4.69, 9.17) is 16.3 Å². The molecule has 0 saturated heterocycles. The molecule has 0 amide bonds. The molecule has 0 bridgehead atoms. The molecule has 1 N–H and O–H groups in total. The summed E-state index contributed by atoms with van der Waals surface area (Å²) in [6.45, 7) is 2.63. The molecule has 78 valence electrons. The quantitative estimate of drug-likeness (QED) is 0.603. The molecule has 0 fully saturated rings. The maximum absolute atomic E-state index is 9.38. The molecule has 1 aromatic carbocycles. The normalized spacial score (nSPS) is 10.1. The molecule has 1 aromatic rings. The number of hydrogen-bond acceptors (Lipinski definition) is 2. The molecule has 0 aromatic heterocycles. The first-order valence-corrected chi connectivity index (χ1v) is 5.31. The Kier molecular flexibility index (Phi) is 4.60. The van der Waals surface area contributed by atoms with E-state index in [9.17, 15) is 5.11 Å². The standard InChI is InChI=1S/C11H15ClO2/c1-2-9-6-10(13)8-11(7-9)14-5-3-4-12/h6-8,13H,2-5H2,1H3. The summed E-state index contributed by atoms with van der Waals surface area (Å²) >= 11 is 5.53. The first-order chi connectivity index (χ1) is 6.76. The number of aromatic hydroxyl groups is 1. The average molecular weight is 215 g/mol. The minimum absolute atomic E-state index is 0.255. The minimum Gasteiger partial charge on any atom is -0.508 e. The molecule has 0 heterocycles. The zero-order chi connectivity index (χ0) is 10.4. The Labute approximate surface area is 89.5 Å². The van der Waals surface area contributed by atoms with Crippen LogP contribution in [0, 0.1) is 0 Å². The van der Waals surface area contributed by atoms with E-state index in [2.05, 4.69) is 0 Å². The lowest BCUT2D eigenvalue weighted by Crippen LogP contribution is -1.98. The molecule has 0 aliphatic heterocycles. The van der Waals surface area contributed by atoms with Crippen molar-refractivity contribution in [2.75, 3.05) is 12.5 Å². The lowest BCUT2D eigenvalue weighted by molar-refractivity contribution is 0.316. The van der Waals surface area contributed by atoms with Crippen LogP contribution in [0.25, 0.3) is 0 Å². The Morgan fingerprint density at radius 3 is 2.79 bits per heavy atom. The average Bonchev–Trinajstić information content (AvgIpc) is 2.17. The Bertz CT molecular complexity index is 287. The van der Waals surface area contributed by atoms with Crippen molar-refractivity contribution in [2.24, 2.45) is 0 Å². The number of alkyl halides is 1. The monoisotopic (exact) mass is 214 g/mol. The molecule has 0 aliphatic rings. The third kappa shape index (κ3) is 3.46. The number of benzene rings is 1. The van der Waals surface area contributed by atoms with Gasteiger partial charge in [0.15, 0.2) is 0 Å². The zero-order valence-corrected chi connectivity index (χ0v) is 9.05. The summed E-state index contributed by atoms with van der Waals surface area (Å²) in [5.74, 6) is 1.57. The van der Waals surface area contributed by atoms with Gasteiger partial charge < -0.3 is 9.84 Å². The topological polar surface area (TPSA) is 29.5 Å². The number of halogens is 1. The van der Waals surface area contributed by atoms with E-state index < -0.39 is 0 Å². The van der Waals surface area contributed by atoms with Crippen molar-refractivity contribution in [3.63, 3.8) is 0 Å². The highest BCUT2D eigenvalue weighted by molar-refractivity contribution is 6.17. The fourth-order valence-corrected chi connectivity index (χ4v) is 1.28. The van der Waals surface area contributed by atoms with E-state index in [1.165, 1.54) is 0 Å². The fraction of sp³-hybridized carbons (Fsp3) is 0.455. The van der Waals surface area contributed by atoms with Crippen molar-refractivity contribution >= 4 is 11.6 Å². The first-order valence-electron chi connectivity index (χ1n) is 4.78. The smallest absolute Gasteiger partial charge is 0.123 e. The maximum Gasteiger partial charge on any atom is 0.123 e. The van der Waals surface area contributed by atoms with Crippen LogP contribution in [0.2, 0.25) is 0 Å². The molecule has 0 spiro atoms. The Balaban J connectivity index is 2.62. The van der Waals surface area contributed by atoms with Gasteiger partial charge in [-0.15, -0.1) is 11.6 Å². The summed E-state index contributed by atoms with van der Waals surface area (Å²) in [6, 6.07) is 5.30. The zero-order valence-electron chi connectivity index (χ0n) is 8.29. The number of rotatable bonds is 5. The fourth-order valence-electron chi connectivity index (χ4n) is 1.18. The van der Waals surface area contributed by atoms with Gasteiger partial charge in [-0.1, -0.05) is 6.92 Å². The number of ether oxygens (including phenoxy) is 1. The molecule has 0 unspecified atom stereocenters. The van der Waals surface area contributed by atoms with E-state index in [0.29, 0.717) is 18.2 Å². The number of phenolic OH excluding ortho intramolecular Hbond substituents is 1. The van der Waals surface area contributed by atoms with Gasteiger partial charge in [-0.25, -0.2) is 0 Å². The second kappa shape index (κ2) is 5.76. The summed E-state index contributed by atoms with van der Waals surface area (Å²) in [6.07, 6.45) is 1.71. The second-order valence-electron chi connectivity index (χ2n) is 3.08. The van der Waals surface area contributed by atoms with Gasteiger partial charge in [0.2, 0.25) is 0 Å². The summed E-state index contributed by atoms with van der Waals surface area (Å²) in [4.78, 5) is 0. The highest BCUT2D eigenvalue weighted by atomic mass is 35.5. The van der Waals surface area contributed by atoms with Crippen molar-refractivity contribution in [3.8, 4) is 11.5 Å². The minimum atomic E-state index is 0.255. The van der Waals surface area contributed by atoms with Gasteiger partial charge in [0, 0.05) is 11.9 Å². The molecule has 3 heteroatoms. The Hall–Kier alpha value is -0.890. The van der Waals surface area contributed by atoms with Crippen LogP contribution in [0.5, 0.6) is 11.5 Å². The third-order valence-electron chi connectivity index (χ3n) is 1.91. The highest BCUT2D eigenvalue weighted by Gasteiger charge is 1.99. The third-order valence-corrected chi connectivity index (χ3v) is 2.17. The van der Waals surface area contributed by atoms with Gasteiger partial charge in [-0.05, 0) is 30.5 Å². The van der Waals surface area contributed by atoms with Crippen LogP contribution >= 0.6 is 11.6 Å². The summed E-state index contributed by atoms with van der Waals surface area (Å²) in [5, 5.41) is 9.38. The van der Waals surface area contributed by atoms with Gasteiger partial charge >= 0.3 is 0 Å². The van der Waals surface area contributed by atoms with Gasteiger partial charge in [0.05, 0.1) is 6.61 Å². The van der Waals surface area contributed by atoms with Crippen molar-refractivity contribution in [3.05, 3.63) is 23.8 Å². The van der Waals surface area contributed by atoms with Crippen LogP contribution in [0.3, 0.4) is 0 Å². The van der Waals surface area contributed by atoms with Crippen molar-refractivity contribution in [1.29, 1.82) is 0 Å². The van der Waals surface area contributed by atoms with Gasteiger partial charge in [0.25, 0.3) is 0 Å². The highest BCUT2D eigenvalue weighted by Crippen LogP contribution is 2.22. The predicted molar refractivity (Wildman–Crippen MR) is 58.3 cm³/mol. The van der Waals surface area contributed by atoms with Gasteiger partial charge in [0.1, 0.15) is 11.5 Å². The molecule has 0 aliphatic carbocycles. The van der Waals surface area contributed by atoms with Gasteiger partial charge in [-0.2, -0.15) is 0 Å². The molecule has 1 rings (SSSR count). The second-order valence-corrected chi connectivity index (χ2v) is 3.46. The van der Waals surface area contributed by atoms with Crippen LogP contribution in [-0.4, -0.2) is 17.6 Å². The molecular weight excluding hydrogens is 200 g/mol. The lowest BCUT2D eigenvalue weighted by Gasteiger charge is -2.07. The van der Waals surface area contributed by atoms with Crippen LogP contribution in [0.1, 0.15) is 18.9 Å². The first kappa shape index (κ1) is 11.2. The van der Waals surface area contributed by atoms with E-state index in [1.807, 2.05) is 13.0 Å². The molecule has 0 atom stereocenters. The predicted octanol–water partition coefficient (Wildman–Crippen LogP) is 2.96. The van der Waals surface area contributed by atoms with E-state index in [1.54, 1.807) is 12.1 Å². The molecule has 2 nitrogen and oxygen atoms in total. The number of phenols is 1. The summed E-state index contributed by atoms with van der Waals surface area (Å²) in [7, 11) is 0. The van der Waals surface area contributed by atoms with Crippen molar-refractivity contribution in [1.82, 2.24) is 0 Å². The Morgan fingerprint density at radius 1 is 1.36 bits per heavy atom. The molecule has 0 radical (unpaired) electrons. The number of hydrogen-bond donors (Lipinski definition) is 1. The summed E-state index contributed by atoms with van der Waals surface area (Å²) < 4.78 is 5.43. The van der Waals surface area contributed by atoms with E-state index in [-0.39, 0.29) is 5.75 Å². The Morgan fingerprint density at radius 2 is 2.14 bits per heavy atom. The van der Waals surface area contributed by atoms with Crippen LogP contribution in [-0.2, 0) is 6.42 Å². The SMILES string of the molecule is CCc1cc(O)cc(OCCCCl)c1. The van der Waals surface area contributed by atoms with Crippen molar-refractivity contribution in [2.45, 2.75) is 19.8 Å². The maximum atomic E-state index is 9.38. The number of aryl methyl sites for hydroxylation is 1. The van der Waals surface area contributed by atoms with Crippen LogP contribution < -0.4 is 4.74 Å². The molecule has 14 heavy (non-hydrogen) atoms. The summed E-state index contributed by atoms with van der Waals surface area (Å²) in [5.41, 5.74) is 1.07. The largest absolute Gasteiger partial charge is 0.508 e. The van der Waals surface area contributed by atoms with E-state index >= 15 is 0 Å². The van der Waals surface area contributed by atoms with Crippen molar-refractivity contribution < 1.29 is 9.84 Å². The molecule has 0 saturated carbocycles. The molecular formula is C11H15ClO2.